The normalized spacial score (nSPS) is 10.2. The molecule has 0 aromatic heterocycles. The molecule has 0 aliphatic heterocycles. The monoisotopic (exact) mass is 279 g/mol. The highest BCUT2D eigenvalue weighted by Gasteiger charge is 2.19. The van der Waals surface area contributed by atoms with Gasteiger partial charge in [-0.2, -0.15) is 0 Å². The highest BCUT2D eigenvalue weighted by molar-refractivity contribution is 5.57. The number of ether oxygens (including phenoxy) is 2. The summed E-state index contributed by atoms with van der Waals surface area (Å²) >= 11 is 0. The van der Waals surface area contributed by atoms with E-state index in [1.165, 1.54) is 20.3 Å². The highest BCUT2D eigenvalue weighted by atomic mass is 19.1. The van der Waals surface area contributed by atoms with Crippen molar-refractivity contribution in [3.63, 3.8) is 0 Å². The van der Waals surface area contributed by atoms with Gasteiger partial charge in [-0.3, -0.25) is 0 Å². The number of benzene rings is 2. The van der Waals surface area contributed by atoms with Crippen LogP contribution in [0.3, 0.4) is 0 Å². The van der Waals surface area contributed by atoms with Crippen LogP contribution in [0.1, 0.15) is 5.56 Å². The van der Waals surface area contributed by atoms with Crippen molar-refractivity contribution in [2.45, 2.75) is 6.54 Å². The molecule has 0 saturated carbocycles. The summed E-state index contributed by atoms with van der Waals surface area (Å²) in [7, 11) is 2.63. The second-order valence-electron chi connectivity index (χ2n) is 4.12. The molecule has 0 saturated heterocycles. The molecule has 0 heterocycles. The number of nitrogens with one attached hydrogen (secondary N) is 1. The zero-order valence-electron chi connectivity index (χ0n) is 11.2. The van der Waals surface area contributed by atoms with Crippen LogP contribution in [0.4, 0.5) is 14.5 Å². The summed E-state index contributed by atoms with van der Waals surface area (Å²) in [4.78, 5) is 0. The van der Waals surface area contributed by atoms with Crippen molar-refractivity contribution in [3.8, 4) is 11.5 Å². The Morgan fingerprint density at radius 1 is 0.950 bits per heavy atom. The molecule has 0 atom stereocenters. The highest BCUT2D eigenvalue weighted by Crippen LogP contribution is 2.34. The largest absolute Gasteiger partial charge is 0.493 e. The van der Waals surface area contributed by atoms with Gasteiger partial charge in [0.2, 0.25) is 0 Å². The summed E-state index contributed by atoms with van der Waals surface area (Å²) in [6.45, 7) is 0.297. The van der Waals surface area contributed by atoms with Gasteiger partial charge in [-0.15, -0.1) is 0 Å². The van der Waals surface area contributed by atoms with Gasteiger partial charge < -0.3 is 14.8 Å². The van der Waals surface area contributed by atoms with Crippen LogP contribution in [-0.2, 0) is 6.54 Å². The number of anilines is 1. The topological polar surface area (TPSA) is 30.5 Å². The molecule has 5 heteroatoms. The van der Waals surface area contributed by atoms with E-state index in [1.807, 2.05) is 30.3 Å². The zero-order valence-corrected chi connectivity index (χ0v) is 11.2. The van der Waals surface area contributed by atoms with Crippen LogP contribution in [0.5, 0.6) is 11.5 Å². The van der Waals surface area contributed by atoms with Gasteiger partial charge in [-0.1, -0.05) is 30.3 Å². The number of hydrogen-bond donors (Lipinski definition) is 1. The first-order chi connectivity index (χ1) is 9.67. The van der Waals surface area contributed by atoms with Gasteiger partial charge >= 0.3 is 0 Å². The average molecular weight is 279 g/mol. The second-order valence-corrected chi connectivity index (χ2v) is 4.12. The first kappa shape index (κ1) is 14.1. The Morgan fingerprint density at radius 3 is 2.00 bits per heavy atom. The van der Waals surface area contributed by atoms with Gasteiger partial charge in [-0.25, -0.2) is 8.78 Å². The predicted octanol–water partition coefficient (Wildman–Crippen LogP) is 3.59. The Morgan fingerprint density at radius 2 is 1.50 bits per heavy atom. The van der Waals surface area contributed by atoms with Crippen molar-refractivity contribution in [1.29, 1.82) is 0 Å². The fourth-order valence-corrected chi connectivity index (χ4v) is 1.83. The van der Waals surface area contributed by atoms with Gasteiger partial charge in [0.05, 0.1) is 14.2 Å². The third-order valence-corrected chi connectivity index (χ3v) is 2.89. The lowest BCUT2D eigenvalue weighted by Gasteiger charge is -2.14. The predicted molar refractivity (Wildman–Crippen MR) is 73.2 cm³/mol. The Labute approximate surface area is 116 Å². The summed E-state index contributed by atoms with van der Waals surface area (Å²) in [6.07, 6.45) is 0. The third kappa shape index (κ3) is 2.82. The number of hydrogen-bond acceptors (Lipinski definition) is 3. The van der Waals surface area contributed by atoms with Crippen LogP contribution < -0.4 is 14.8 Å². The summed E-state index contributed by atoms with van der Waals surface area (Å²) in [5.41, 5.74) is 0.651. The average Bonchev–Trinajstić information content (AvgIpc) is 2.48. The Bertz CT molecular complexity index is 560. The van der Waals surface area contributed by atoms with Crippen molar-refractivity contribution in [3.05, 3.63) is 53.6 Å². The SMILES string of the molecule is COc1cc(OC)c(F)c(NCc2ccccc2)c1F. The zero-order chi connectivity index (χ0) is 14.5. The van der Waals surface area contributed by atoms with Crippen LogP contribution in [-0.4, -0.2) is 14.2 Å². The third-order valence-electron chi connectivity index (χ3n) is 2.89. The summed E-state index contributed by atoms with van der Waals surface area (Å²) in [6, 6.07) is 10.5. The van der Waals surface area contributed by atoms with E-state index in [-0.39, 0.29) is 17.2 Å². The van der Waals surface area contributed by atoms with E-state index in [0.717, 1.165) is 5.56 Å². The summed E-state index contributed by atoms with van der Waals surface area (Å²) in [5.74, 6) is -1.69. The fourth-order valence-electron chi connectivity index (χ4n) is 1.83. The van der Waals surface area contributed by atoms with E-state index >= 15 is 0 Å². The van der Waals surface area contributed by atoms with E-state index in [2.05, 4.69) is 5.32 Å². The van der Waals surface area contributed by atoms with Gasteiger partial charge in [0, 0.05) is 12.6 Å². The number of halogens is 2. The van der Waals surface area contributed by atoms with Gasteiger partial charge in [0.1, 0.15) is 5.69 Å². The van der Waals surface area contributed by atoms with Crippen LogP contribution in [0.2, 0.25) is 0 Å². The van der Waals surface area contributed by atoms with Crippen molar-refractivity contribution < 1.29 is 18.3 Å². The number of methoxy groups -OCH3 is 2. The van der Waals surface area contributed by atoms with Crippen molar-refractivity contribution >= 4 is 5.69 Å². The maximum Gasteiger partial charge on any atom is 0.191 e. The molecule has 2 aromatic rings. The van der Waals surface area contributed by atoms with Crippen molar-refractivity contribution in [1.82, 2.24) is 0 Å². The standard InChI is InChI=1S/C15H15F2NO2/c1-19-11-8-12(20-2)14(17)15(13(11)16)18-9-10-6-4-3-5-7-10/h3-8,18H,9H2,1-2H3. The molecule has 0 amide bonds. The van der Waals surface area contributed by atoms with Crippen molar-refractivity contribution in [2.75, 3.05) is 19.5 Å². The molecule has 2 rings (SSSR count). The van der Waals surface area contributed by atoms with Gasteiger partial charge in [-0.05, 0) is 5.56 Å². The van der Waals surface area contributed by atoms with E-state index in [9.17, 15) is 8.78 Å². The molecule has 3 nitrogen and oxygen atoms in total. The summed E-state index contributed by atoms with van der Waals surface area (Å²) < 4.78 is 37.9. The molecule has 0 fully saturated rings. The van der Waals surface area contributed by atoms with E-state index in [4.69, 9.17) is 9.47 Å². The molecule has 106 valence electrons. The van der Waals surface area contributed by atoms with Crippen molar-refractivity contribution in [2.24, 2.45) is 0 Å². The quantitative estimate of drug-likeness (QED) is 0.907. The van der Waals surface area contributed by atoms with E-state index < -0.39 is 11.6 Å². The molecule has 0 radical (unpaired) electrons. The maximum atomic E-state index is 14.1. The lowest BCUT2D eigenvalue weighted by atomic mass is 10.2. The molecule has 0 aliphatic rings. The fraction of sp³-hybridized carbons (Fsp3) is 0.200. The molecule has 2 aromatic carbocycles. The van der Waals surface area contributed by atoms with E-state index in [1.54, 1.807) is 0 Å². The Balaban J connectivity index is 2.30. The minimum atomic E-state index is -0.776. The maximum absolute atomic E-state index is 14.1. The molecule has 0 bridgehead atoms. The minimum Gasteiger partial charge on any atom is -0.493 e. The Hall–Kier alpha value is -2.30. The lowest BCUT2D eigenvalue weighted by molar-refractivity contribution is 0.360. The summed E-state index contributed by atoms with van der Waals surface area (Å²) in [5, 5.41) is 2.74. The van der Waals surface area contributed by atoms with E-state index in [0.29, 0.717) is 6.54 Å². The molecule has 0 aliphatic carbocycles. The first-order valence-corrected chi connectivity index (χ1v) is 6.05. The Kier molecular flexibility index (Phi) is 4.40. The molecule has 1 N–H and O–H groups in total. The van der Waals surface area contributed by atoms with Gasteiger partial charge in [0.15, 0.2) is 23.1 Å². The van der Waals surface area contributed by atoms with Crippen LogP contribution in [0.25, 0.3) is 0 Å². The van der Waals surface area contributed by atoms with Crippen LogP contribution >= 0.6 is 0 Å². The minimum absolute atomic E-state index is 0.0705. The van der Waals surface area contributed by atoms with Gasteiger partial charge in [0.25, 0.3) is 0 Å². The second kappa shape index (κ2) is 6.23. The molecule has 20 heavy (non-hydrogen) atoms. The molecule has 0 unspecified atom stereocenters. The first-order valence-electron chi connectivity index (χ1n) is 6.05. The lowest BCUT2D eigenvalue weighted by Crippen LogP contribution is -2.06. The molecular weight excluding hydrogens is 264 g/mol. The van der Waals surface area contributed by atoms with Crippen LogP contribution in [0.15, 0.2) is 36.4 Å². The molecule has 0 spiro atoms. The van der Waals surface area contributed by atoms with Crippen LogP contribution in [0, 0.1) is 11.6 Å². The smallest absolute Gasteiger partial charge is 0.191 e. The molecular formula is C15H15F2NO2. The number of rotatable bonds is 5.